The van der Waals surface area contributed by atoms with Crippen LogP contribution in [0.1, 0.15) is 52.0 Å². The molecule has 0 bridgehead atoms. The largest absolute Gasteiger partial charge is 0.338 e. The second kappa shape index (κ2) is 9.18. The maximum absolute atomic E-state index is 13.9. The zero-order chi connectivity index (χ0) is 18.3. The Morgan fingerprint density at radius 1 is 1.28 bits per heavy atom. The number of halogens is 1. The molecule has 0 aromatic heterocycles. The van der Waals surface area contributed by atoms with E-state index in [1.807, 2.05) is 19.9 Å². The van der Waals surface area contributed by atoms with E-state index in [2.05, 4.69) is 22.5 Å². The van der Waals surface area contributed by atoms with Crippen LogP contribution in [0.15, 0.2) is 24.3 Å². The predicted molar refractivity (Wildman–Crippen MR) is 100 cm³/mol. The molecule has 0 saturated carbocycles. The molecule has 1 aliphatic heterocycles. The number of nitrogens with one attached hydrogen (secondary N) is 2. The molecule has 1 fully saturated rings. The number of benzene rings is 1. The van der Waals surface area contributed by atoms with Crippen molar-refractivity contribution in [1.82, 2.24) is 15.5 Å². The summed E-state index contributed by atoms with van der Waals surface area (Å²) in [5.41, 5.74) is 0.167. The number of carbonyl (C=O) groups excluding carboxylic acids is 1. The molecule has 25 heavy (non-hydrogen) atoms. The van der Waals surface area contributed by atoms with Gasteiger partial charge in [0.25, 0.3) is 0 Å². The van der Waals surface area contributed by atoms with Crippen molar-refractivity contribution < 1.29 is 9.18 Å². The van der Waals surface area contributed by atoms with Gasteiger partial charge in [-0.05, 0) is 44.4 Å². The Balaban J connectivity index is 1.67. The van der Waals surface area contributed by atoms with Gasteiger partial charge < -0.3 is 15.5 Å². The lowest BCUT2D eigenvalue weighted by atomic mass is 9.84. The highest BCUT2D eigenvalue weighted by molar-refractivity contribution is 5.73. The molecule has 1 aromatic rings. The fraction of sp³-hybridized carbons (Fsp3) is 0.650. The third-order valence-electron chi connectivity index (χ3n) is 5.14. The van der Waals surface area contributed by atoms with E-state index in [1.54, 1.807) is 12.1 Å². The van der Waals surface area contributed by atoms with Crippen molar-refractivity contribution in [3.05, 3.63) is 35.6 Å². The molecule has 0 radical (unpaired) electrons. The number of urea groups is 1. The van der Waals surface area contributed by atoms with Crippen LogP contribution >= 0.6 is 0 Å². The molecule has 140 valence electrons. The Kier molecular flexibility index (Phi) is 7.24. The SMILES string of the molecule is CC1CCCCN1CCCNC(=O)NCC(C)(C)c1ccccc1F. The smallest absolute Gasteiger partial charge is 0.314 e. The van der Waals surface area contributed by atoms with Crippen LogP contribution in [0.3, 0.4) is 0 Å². The standard InChI is InChI=1S/C20H32FN3O/c1-16-9-6-7-13-24(16)14-8-12-22-19(25)23-15-20(2,3)17-10-4-5-11-18(17)21/h4-5,10-11,16H,6-9,12-15H2,1-3H3,(H2,22,23,25). The van der Waals surface area contributed by atoms with Crippen LogP contribution in [0.2, 0.25) is 0 Å². The first kappa shape index (κ1) is 19.7. The van der Waals surface area contributed by atoms with Crippen molar-refractivity contribution in [3.63, 3.8) is 0 Å². The first-order valence-corrected chi connectivity index (χ1v) is 9.41. The van der Waals surface area contributed by atoms with Gasteiger partial charge in [0.1, 0.15) is 5.82 Å². The molecule has 1 atom stereocenters. The van der Waals surface area contributed by atoms with Crippen molar-refractivity contribution in [2.45, 2.75) is 57.9 Å². The van der Waals surface area contributed by atoms with E-state index >= 15 is 0 Å². The number of hydrogen-bond donors (Lipinski definition) is 2. The van der Waals surface area contributed by atoms with Crippen LogP contribution in [-0.4, -0.2) is 43.2 Å². The topological polar surface area (TPSA) is 44.4 Å². The van der Waals surface area contributed by atoms with E-state index in [1.165, 1.54) is 31.9 Å². The summed E-state index contributed by atoms with van der Waals surface area (Å²) < 4.78 is 13.9. The summed E-state index contributed by atoms with van der Waals surface area (Å²) in [6.45, 7) is 9.40. The van der Waals surface area contributed by atoms with E-state index in [0.29, 0.717) is 24.7 Å². The molecule has 0 spiro atoms. The third kappa shape index (κ3) is 5.99. The molecular weight excluding hydrogens is 317 g/mol. The van der Waals surface area contributed by atoms with E-state index in [4.69, 9.17) is 0 Å². The minimum absolute atomic E-state index is 0.184. The number of hydrogen-bond acceptors (Lipinski definition) is 2. The Morgan fingerprint density at radius 3 is 2.76 bits per heavy atom. The second-order valence-corrected chi connectivity index (χ2v) is 7.71. The highest BCUT2D eigenvalue weighted by Gasteiger charge is 2.24. The first-order valence-electron chi connectivity index (χ1n) is 9.41. The molecule has 1 unspecified atom stereocenters. The predicted octanol–water partition coefficient (Wildman–Crippen LogP) is 3.67. The summed E-state index contributed by atoms with van der Waals surface area (Å²) in [7, 11) is 0. The lowest BCUT2D eigenvalue weighted by molar-refractivity contribution is 0.159. The number of carbonyl (C=O) groups is 1. The van der Waals surface area contributed by atoms with Gasteiger partial charge in [0.05, 0.1) is 0 Å². The summed E-state index contributed by atoms with van der Waals surface area (Å²) >= 11 is 0. The average molecular weight is 349 g/mol. The molecule has 0 aliphatic carbocycles. The van der Waals surface area contributed by atoms with Crippen molar-refractivity contribution in [1.29, 1.82) is 0 Å². The minimum Gasteiger partial charge on any atom is -0.338 e. The van der Waals surface area contributed by atoms with Gasteiger partial charge in [-0.3, -0.25) is 0 Å². The normalized spacial score (nSPS) is 18.8. The zero-order valence-corrected chi connectivity index (χ0v) is 15.8. The van der Waals surface area contributed by atoms with Crippen molar-refractivity contribution in [2.24, 2.45) is 0 Å². The fourth-order valence-corrected chi connectivity index (χ4v) is 3.44. The number of piperidine rings is 1. The van der Waals surface area contributed by atoms with Crippen molar-refractivity contribution in [3.8, 4) is 0 Å². The van der Waals surface area contributed by atoms with Crippen LogP contribution in [0, 0.1) is 5.82 Å². The zero-order valence-electron chi connectivity index (χ0n) is 15.8. The van der Waals surface area contributed by atoms with Crippen LogP contribution in [-0.2, 0) is 5.41 Å². The van der Waals surface area contributed by atoms with Gasteiger partial charge in [-0.1, -0.05) is 38.5 Å². The highest BCUT2D eigenvalue weighted by Crippen LogP contribution is 2.24. The Morgan fingerprint density at radius 2 is 2.04 bits per heavy atom. The summed E-state index contributed by atoms with van der Waals surface area (Å²) in [5, 5.41) is 5.77. The van der Waals surface area contributed by atoms with Crippen molar-refractivity contribution >= 4 is 6.03 Å². The van der Waals surface area contributed by atoms with Gasteiger partial charge in [0.15, 0.2) is 0 Å². The lowest BCUT2D eigenvalue weighted by Gasteiger charge is -2.33. The Hall–Kier alpha value is -1.62. The average Bonchev–Trinajstić information content (AvgIpc) is 2.58. The van der Waals surface area contributed by atoms with Crippen LogP contribution in [0.4, 0.5) is 9.18 Å². The van der Waals surface area contributed by atoms with Gasteiger partial charge in [-0.25, -0.2) is 9.18 Å². The summed E-state index contributed by atoms with van der Waals surface area (Å²) in [5.74, 6) is -0.231. The monoisotopic (exact) mass is 349 g/mol. The van der Waals surface area contributed by atoms with E-state index in [9.17, 15) is 9.18 Å². The van der Waals surface area contributed by atoms with E-state index in [-0.39, 0.29) is 11.8 Å². The molecule has 1 aromatic carbocycles. The van der Waals surface area contributed by atoms with E-state index < -0.39 is 5.41 Å². The molecular formula is C20H32FN3O. The maximum atomic E-state index is 13.9. The minimum atomic E-state index is -0.452. The van der Waals surface area contributed by atoms with E-state index in [0.717, 1.165) is 13.0 Å². The summed E-state index contributed by atoms with van der Waals surface area (Å²) in [6.07, 6.45) is 4.84. The molecule has 4 nitrogen and oxygen atoms in total. The first-order chi connectivity index (χ1) is 11.9. The third-order valence-corrected chi connectivity index (χ3v) is 5.14. The molecule has 1 aliphatic rings. The van der Waals surface area contributed by atoms with Gasteiger partial charge in [-0.15, -0.1) is 0 Å². The van der Waals surface area contributed by atoms with Gasteiger partial charge in [0, 0.05) is 31.1 Å². The Labute approximate surface area is 151 Å². The maximum Gasteiger partial charge on any atom is 0.314 e. The summed E-state index contributed by atoms with van der Waals surface area (Å²) in [4.78, 5) is 14.5. The molecule has 1 saturated heterocycles. The van der Waals surface area contributed by atoms with Crippen molar-refractivity contribution in [2.75, 3.05) is 26.2 Å². The number of likely N-dealkylation sites (tertiary alicyclic amines) is 1. The van der Waals surface area contributed by atoms with Gasteiger partial charge in [0.2, 0.25) is 0 Å². The lowest BCUT2D eigenvalue weighted by Crippen LogP contribution is -2.44. The van der Waals surface area contributed by atoms with Crippen LogP contribution < -0.4 is 10.6 Å². The molecule has 1 heterocycles. The van der Waals surface area contributed by atoms with Crippen LogP contribution in [0.25, 0.3) is 0 Å². The number of nitrogens with zero attached hydrogens (tertiary/aromatic N) is 1. The second-order valence-electron chi connectivity index (χ2n) is 7.71. The quantitative estimate of drug-likeness (QED) is 0.738. The highest BCUT2D eigenvalue weighted by atomic mass is 19.1. The van der Waals surface area contributed by atoms with Gasteiger partial charge >= 0.3 is 6.03 Å². The fourth-order valence-electron chi connectivity index (χ4n) is 3.44. The molecule has 2 rings (SSSR count). The molecule has 5 heteroatoms. The summed E-state index contributed by atoms with van der Waals surface area (Å²) in [6, 6.07) is 7.20. The number of amides is 2. The molecule has 2 N–H and O–H groups in total. The van der Waals surface area contributed by atoms with Crippen LogP contribution in [0.5, 0.6) is 0 Å². The van der Waals surface area contributed by atoms with Gasteiger partial charge in [-0.2, -0.15) is 0 Å². The Bertz CT molecular complexity index is 562. The molecule has 2 amide bonds. The number of rotatable bonds is 7.